The summed E-state index contributed by atoms with van der Waals surface area (Å²) < 4.78 is 2.01. The maximum atomic E-state index is 5.98. The fraction of sp³-hybridized carbons (Fsp3) is 0.500. The van der Waals surface area contributed by atoms with Gasteiger partial charge in [0.1, 0.15) is 0 Å². The van der Waals surface area contributed by atoms with E-state index in [0.717, 1.165) is 42.6 Å². The summed E-state index contributed by atoms with van der Waals surface area (Å²) >= 11 is 5.98. The van der Waals surface area contributed by atoms with Crippen molar-refractivity contribution >= 4 is 24.0 Å². The molecule has 0 spiro atoms. The molecule has 1 fully saturated rings. The van der Waals surface area contributed by atoms with E-state index in [1.807, 2.05) is 28.9 Å². The van der Waals surface area contributed by atoms with Gasteiger partial charge in [-0.2, -0.15) is 5.10 Å². The van der Waals surface area contributed by atoms with Gasteiger partial charge in [0, 0.05) is 29.4 Å². The van der Waals surface area contributed by atoms with Crippen LogP contribution in [0.5, 0.6) is 0 Å². The molecule has 2 N–H and O–H groups in total. The Balaban J connectivity index is 0.00000208. The molecule has 24 heavy (non-hydrogen) atoms. The van der Waals surface area contributed by atoms with Crippen molar-refractivity contribution in [2.45, 2.75) is 33.7 Å². The highest BCUT2D eigenvalue weighted by Gasteiger charge is 2.33. The van der Waals surface area contributed by atoms with Crippen molar-refractivity contribution in [3.8, 4) is 5.69 Å². The van der Waals surface area contributed by atoms with E-state index < -0.39 is 0 Å². The zero-order valence-electron chi connectivity index (χ0n) is 14.6. The molecule has 6 heteroatoms. The van der Waals surface area contributed by atoms with Crippen molar-refractivity contribution in [1.29, 1.82) is 0 Å². The number of halogens is 2. The van der Waals surface area contributed by atoms with E-state index in [2.05, 4.69) is 25.7 Å². The van der Waals surface area contributed by atoms with E-state index >= 15 is 0 Å². The first-order chi connectivity index (χ1) is 10.9. The maximum Gasteiger partial charge on any atom is 0.0649 e. The highest BCUT2D eigenvalue weighted by molar-refractivity contribution is 6.30. The molecule has 0 saturated carbocycles. The molecule has 1 saturated heterocycles. The van der Waals surface area contributed by atoms with E-state index in [1.54, 1.807) is 0 Å². The Hall–Kier alpha value is -1.07. The van der Waals surface area contributed by atoms with Crippen molar-refractivity contribution < 1.29 is 0 Å². The summed E-state index contributed by atoms with van der Waals surface area (Å²) in [7, 11) is 0. The molecule has 132 valence electrons. The number of nitrogens with zero attached hydrogens (tertiary/aromatic N) is 3. The van der Waals surface area contributed by atoms with Crippen LogP contribution in [0.25, 0.3) is 5.69 Å². The smallest absolute Gasteiger partial charge is 0.0649 e. The molecule has 1 aliphatic heterocycles. The van der Waals surface area contributed by atoms with E-state index in [4.69, 9.17) is 22.4 Å². The summed E-state index contributed by atoms with van der Waals surface area (Å²) in [6, 6.07) is 7.82. The number of hydrogen-bond donors (Lipinski definition) is 1. The molecule has 1 unspecified atom stereocenters. The lowest BCUT2D eigenvalue weighted by atomic mass is 9.90. The summed E-state index contributed by atoms with van der Waals surface area (Å²) in [5.41, 5.74) is 10.8. The van der Waals surface area contributed by atoms with E-state index in [-0.39, 0.29) is 17.8 Å². The summed E-state index contributed by atoms with van der Waals surface area (Å²) in [5, 5.41) is 5.47. The minimum absolute atomic E-state index is 0. The number of aryl methyl sites for hydroxylation is 1. The van der Waals surface area contributed by atoms with E-state index in [1.165, 1.54) is 17.7 Å². The first-order valence-electron chi connectivity index (χ1n) is 8.15. The topological polar surface area (TPSA) is 47.1 Å². The summed E-state index contributed by atoms with van der Waals surface area (Å²) in [6.07, 6.45) is 1.17. The van der Waals surface area contributed by atoms with Gasteiger partial charge in [-0.1, -0.05) is 18.5 Å². The summed E-state index contributed by atoms with van der Waals surface area (Å²) in [4.78, 5) is 2.50. The molecule has 0 radical (unpaired) electrons. The molecular formula is C18H26Cl2N4. The van der Waals surface area contributed by atoms with E-state index in [0.29, 0.717) is 0 Å². The number of likely N-dealkylation sites (tertiary alicyclic amines) is 1. The molecule has 1 atom stereocenters. The minimum atomic E-state index is 0. The van der Waals surface area contributed by atoms with Crippen LogP contribution in [0.1, 0.15) is 30.3 Å². The van der Waals surface area contributed by atoms with Gasteiger partial charge >= 0.3 is 0 Å². The molecule has 1 aromatic heterocycles. The predicted octanol–water partition coefficient (Wildman–Crippen LogP) is 3.74. The SMILES string of the molecule is Cc1nn(-c2ccc(Cl)cc2)c(C)c1CN1CCC(C)(CN)C1.Cl. The average Bonchev–Trinajstić information content (AvgIpc) is 3.04. The molecule has 2 heterocycles. The van der Waals surface area contributed by atoms with Crippen LogP contribution in [0.3, 0.4) is 0 Å². The Kier molecular flexibility index (Phi) is 5.97. The van der Waals surface area contributed by atoms with Gasteiger partial charge in [-0.3, -0.25) is 4.90 Å². The summed E-state index contributed by atoms with van der Waals surface area (Å²) in [5.74, 6) is 0. The summed E-state index contributed by atoms with van der Waals surface area (Å²) in [6.45, 7) is 10.4. The molecular weight excluding hydrogens is 343 g/mol. The molecule has 4 nitrogen and oxygen atoms in total. The highest BCUT2D eigenvalue weighted by atomic mass is 35.5. The van der Waals surface area contributed by atoms with Crippen LogP contribution in [-0.2, 0) is 6.54 Å². The van der Waals surface area contributed by atoms with Crippen LogP contribution < -0.4 is 5.73 Å². The molecule has 0 bridgehead atoms. The third-order valence-corrected chi connectivity index (χ3v) is 5.28. The Morgan fingerprint density at radius 1 is 1.25 bits per heavy atom. The number of rotatable bonds is 4. The Morgan fingerprint density at radius 3 is 2.50 bits per heavy atom. The lowest BCUT2D eigenvalue weighted by Gasteiger charge is -2.22. The minimum Gasteiger partial charge on any atom is -0.330 e. The fourth-order valence-electron chi connectivity index (χ4n) is 3.39. The van der Waals surface area contributed by atoms with Gasteiger partial charge in [-0.15, -0.1) is 12.4 Å². The van der Waals surface area contributed by atoms with Crippen LogP contribution in [0.2, 0.25) is 5.02 Å². The molecule has 0 amide bonds. The van der Waals surface area contributed by atoms with Gasteiger partial charge < -0.3 is 5.73 Å². The number of nitrogens with two attached hydrogens (primary N) is 1. The van der Waals surface area contributed by atoms with E-state index in [9.17, 15) is 0 Å². The Bertz CT molecular complexity index is 696. The lowest BCUT2D eigenvalue weighted by molar-refractivity contribution is 0.273. The first-order valence-corrected chi connectivity index (χ1v) is 8.53. The van der Waals surface area contributed by atoms with Gasteiger partial charge in [-0.25, -0.2) is 4.68 Å². The second kappa shape index (κ2) is 7.44. The van der Waals surface area contributed by atoms with Crippen molar-refractivity contribution in [3.63, 3.8) is 0 Å². The second-order valence-corrected chi connectivity index (χ2v) is 7.45. The zero-order valence-corrected chi connectivity index (χ0v) is 16.1. The van der Waals surface area contributed by atoms with Crippen LogP contribution in [-0.4, -0.2) is 34.3 Å². The van der Waals surface area contributed by atoms with Crippen LogP contribution in [0.15, 0.2) is 24.3 Å². The number of hydrogen-bond acceptors (Lipinski definition) is 3. The molecule has 1 aliphatic rings. The zero-order chi connectivity index (χ0) is 16.6. The Labute approximate surface area is 155 Å². The number of benzene rings is 1. The van der Waals surface area contributed by atoms with Crippen LogP contribution in [0, 0.1) is 19.3 Å². The average molecular weight is 369 g/mol. The van der Waals surface area contributed by atoms with Crippen molar-refractivity contribution in [3.05, 3.63) is 46.2 Å². The van der Waals surface area contributed by atoms with Crippen molar-refractivity contribution in [2.75, 3.05) is 19.6 Å². The third kappa shape index (κ3) is 3.77. The standard InChI is InChI=1S/C18H25ClN4.ClH/c1-13-17(10-22-9-8-18(3,11-20)12-22)14(2)23(21-13)16-6-4-15(19)5-7-16;/h4-7H,8-12,20H2,1-3H3;1H. The highest BCUT2D eigenvalue weighted by Crippen LogP contribution is 2.30. The van der Waals surface area contributed by atoms with Gasteiger partial charge in [0.25, 0.3) is 0 Å². The monoisotopic (exact) mass is 368 g/mol. The van der Waals surface area contributed by atoms with Gasteiger partial charge in [0.2, 0.25) is 0 Å². The van der Waals surface area contributed by atoms with Crippen LogP contribution >= 0.6 is 24.0 Å². The van der Waals surface area contributed by atoms with Crippen molar-refractivity contribution in [2.24, 2.45) is 11.1 Å². The first kappa shape index (κ1) is 19.3. The lowest BCUT2D eigenvalue weighted by Crippen LogP contribution is -2.31. The maximum absolute atomic E-state index is 5.98. The predicted molar refractivity (Wildman–Crippen MR) is 102 cm³/mol. The Morgan fingerprint density at radius 2 is 1.92 bits per heavy atom. The fourth-order valence-corrected chi connectivity index (χ4v) is 3.51. The quantitative estimate of drug-likeness (QED) is 0.893. The van der Waals surface area contributed by atoms with Gasteiger partial charge in [-0.05, 0) is 63.0 Å². The molecule has 2 aromatic rings. The molecule has 0 aliphatic carbocycles. The van der Waals surface area contributed by atoms with Gasteiger partial charge in [0.15, 0.2) is 0 Å². The van der Waals surface area contributed by atoms with Gasteiger partial charge in [0.05, 0.1) is 11.4 Å². The molecule has 3 rings (SSSR count). The third-order valence-electron chi connectivity index (χ3n) is 5.02. The second-order valence-electron chi connectivity index (χ2n) is 7.01. The van der Waals surface area contributed by atoms with Crippen LogP contribution in [0.4, 0.5) is 0 Å². The number of aromatic nitrogens is 2. The normalized spacial score (nSPS) is 21.0. The largest absolute Gasteiger partial charge is 0.330 e. The van der Waals surface area contributed by atoms with Crippen molar-refractivity contribution in [1.82, 2.24) is 14.7 Å². The molecule has 1 aromatic carbocycles.